The van der Waals surface area contributed by atoms with Crippen LogP contribution in [0.3, 0.4) is 0 Å². The standard InChI is InChI=1S/C33H27ClFN3O4S/c1-18-29(32(40)42-4)30(25-15-21(34)11-14-27(25)41-3)38-31(39)28(43-33(38)36-18)16-24-19(2)37(26-8-6-5-7-23(24)26)17-20-9-12-22(35)13-10-20/h5-16,30H,17H2,1-4H3/b28-16-/t30-/m1/s1. The van der Waals surface area contributed by atoms with E-state index in [0.717, 1.165) is 27.7 Å². The normalized spacial score (nSPS) is 15.0. The molecule has 0 fully saturated rings. The first-order valence-electron chi connectivity index (χ1n) is 13.5. The second-order valence-electron chi connectivity index (χ2n) is 10.2. The van der Waals surface area contributed by atoms with Crippen LogP contribution < -0.4 is 19.6 Å². The lowest BCUT2D eigenvalue weighted by atomic mass is 9.95. The summed E-state index contributed by atoms with van der Waals surface area (Å²) in [5, 5.41) is 1.41. The topological polar surface area (TPSA) is 74.8 Å². The Morgan fingerprint density at radius 3 is 2.56 bits per heavy atom. The van der Waals surface area contributed by atoms with Gasteiger partial charge in [-0.2, -0.15) is 0 Å². The maximum Gasteiger partial charge on any atom is 0.338 e. The highest BCUT2D eigenvalue weighted by atomic mass is 35.5. The minimum absolute atomic E-state index is 0.231. The summed E-state index contributed by atoms with van der Waals surface area (Å²) in [5.74, 6) is -0.407. The molecule has 0 radical (unpaired) electrons. The van der Waals surface area contributed by atoms with Gasteiger partial charge in [-0.3, -0.25) is 9.36 Å². The summed E-state index contributed by atoms with van der Waals surface area (Å²) in [5.41, 5.74) is 4.71. The SMILES string of the molecule is COC(=O)C1=C(C)N=c2s/c(=C\c3c(C)n(Cc4ccc(F)cc4)c4ccccc34)c(=O)n2[C@@H]1c1cc(Cl)ccc1OC. The first kappa shape index (κ1) is 28.6. The van der Waals surface area contributed by atoms with Gasteiger partial charge >= 0.3 is 5.97 Å². The number of thiazole rings is 1. The number of carbonyl (C=O) groups is 1. The predicted molar refractivity (Wildman–Crippen MR) is 166 cm³/mol. The van der Waals surface area contributed by atoms with Crippen molar-refractivity contribution in [3.05, 3.63) is 131 Å². The van der Waals surface area contributed by atoms with E-state index in [1.54, 1.807) is 37.3 Å². The maximum absolute atomic E-state index is 14.2. The summed E-state index contributed by atoms with van der Waals surface area (Å²) in [6.07, 6.45) is 1.88. The zero-order valence-electron chi connectivity index (χ0n) is 23.9. The van der Waals surface area contributed by atoms with Crippen LogP contribution in [0.5, 0.6) is 5.75 Å². The second-order valence-corrected chi connectivity index (χ2v) is 11.6. The van der Waals surface area contributed by atoms with Gasteiger partial charge < -0.3 is 14.0 Å². The number of hydrogen-bond acceptors (Lipinski definition) is 6. The number of rotatable bonds is 6. The molecule has 1 aliphatic heterocycles. The molecule has 0 saturated heterocycles. The molecule has 6 rings (SSSR count). The van der Waals surface area contributed by atoms with Crippen LogP contribution in [0.4, 0.5) is 4.39 Å². The highest BCUT2D eigenvalue weighted by Crippen LogP contribution is 2.37. The molecule has 7 nitrogen and oxygen atoms in total. The number of ether oxygens (including phenoxy) is 2. The Hall–Kier alpha value is -4.47. The lowest BCUT2D eigenvalue weighted by Crippen LogP contribution is -2.40. The van der Waals surface area contributed by atoms with Gasteiger partial charge in [-0.1, -0.05) is 53.3 Å². The van der Waals surface area contributed by atoms with Crippen molar-refractivity contribution in [1.82, 2.24) is 9.13 Å². The number of carbonyl (C=O) groups excluding carboxylic acids is 1. The molecule has 0 spiro atoms. The highest BCUT2D eigenvalue weighted by molar-refractivity contribution is 7.07. The van der Waals surface area contributed by atoms with Crippen LogP contribution in [0.1, 0.15) is 35.3 Å². The summed E-state index contributed by atoms with van der Waals surface area (Å²) in [7, 11) is 2.82. The van der Waals surface area contributed by atoms with E-state index in [9.17, 15) is 14.0 Å². The lowest BCUT2D eigenvalue weighted by molar-refractivity contribution is -0.136. The number of nitrogens with zero attached hydrogens (tertiary/aromatic N) is 3. The smallest absolute Gasteiger partial charge is 0.338 e. The molecule has 2 aromatic heterocycles. The van der Waals surface area contributed by atoms with Crippen molar-refractivity contribution >= 4 is 45.9 Å². The maximum atomic E-state index is 14.2. The van der Waals surface area contributed by atoms with Crippen molar-refractivity contribution in [3.63, 3.8) is 0 Å². The fraction of sp³-hybridized carbons (Fsp3) is 0.182. The van der Waals surface area contributed by atoms with E-state index in [1.165, 1.54) is 42.3 Å². The minimum atomic E-state index is -0.861. The molecule has 1 aliphatic rings. The molecule has 0 saturated carbocycles. The van der Waals surface area contributed by atoms with Gasteiger partial charge in [-0.15, -0.1) is 0 Å². The molecular weight excluding hydrogens is 589 g/mol. The molecule has 3 aromatic carbocycles. The molecule has 10 heteroatoms. The van der Waals surface area contributed by atoms with E-state index in [-0.39, 0.29) is 16.9 Å². The van der Waals surface area contributed by atoms with E-state index in [1.807, 2.05) is 37.3 Å². The molecule has 3 heterocycles. The number of halogens is 2. The van der Waals surface area contributed by atoms with E-state index in [2.05, 4.69) is 9.56 Å². The number of allylic oxidation sites excluding steroid dienone is 1. The summed E-state index contributed by atoms with van der Waals surface area (Å²) >= 11 is 7.64. The van der Waals surface area contributed by atoms with Crippen LogP contribution in [-0.2, 0) is 16.1 Å². The summed E-state index contributed by atoms with van der Waals surface area (Å²) in [4.78, 5) is 32.4. The van der Waals surface area contributed by atoms with E-state index >= 15 is 0 Å². The predicted octanol–water partition coefficient (Wildman–Crippen LogP) is 5.52. The third-order valence-electron chi connectivity index (χ3n) is 7.72. The third kappa shape index (κ3) is 4.98. The van der Waals surface area contributed by atoms with Gasteiger partial charge in [0.25, 0.3) is 5.56 Å². The first-order chi connectivity index (χ1) is 20.7. The van der Waals surface area contributed by atoms with Crippen LogP contribution in [0.15, 0.2) is 87.8 Å². The van der Waals surface area contributed by atoms with Crippen molar-refractivity contribution in [2.24, 2.45) is 4.99 Å². The second kappa shape index (κ2) is 11.3. The molecule has 0 amide bonds. The van der Waals surface area contributed by atoms with Crippen molar-refractivity contribution in [3.8, 4) is 5.75 Å². The molecule has 0 unspecified atom stereocenters. The molecule has 0 N–H and O–H groups in total. The number of esters is 1. The number of benzene rings is 3. The summed E-state index contributed by atoms with van der Waals surface area (Å²) in [6, 6.07) is 18.6. The molecular formula is C33H27ClFN3O4S. The number of methoxy groups -OCH3 is 2. The molecule has 43 heavy (non-hydrogen) atoms. The van der Waals surface area contributed by atoms with E-state index in [4.69, 9.17) is 21.1 Å². The Bertz CT molecular complexity index is 2130. The number of fused-ring (bicyclic) bond motifs is 2. The van der Waals surface area contributed by atoms with Crippen molar-refractivity contribution in [2.45, 2.75) is 26.4 Å². The Kier molecular flexibility index (Phi) is 7.54. The van der Waals surface area contributed by atoms with Crippen molar-refractivity contribution in [1.29, 1.82) is 0 Å². The van der Waals surface area contributed by atoms with Crippen molar-refractivity contribution < 1.29 is 18.7 Å². The number of hydrogen-bond donors (Lipinski definition) is 0. The average Bonchev–Trinajstić information content (AvgIpc) is 3.45. The van der Waals surface area contributed by atoms with Crippen LogP contribution >= 0.6 is 22.9 Å². The van der Waals surface area contributed by atoms with Gasteiger partial charge in [0.05, 0.1) is 30.0 Å². The molecule has 218 valence electrons. The fourth-order valence-electron chi connectivity index (χ4n) is 5.65. The largest absolute Gasteiger partial charge is 0.496 e. The first-order valence-corrected chi connectivity index (χ1v) is 14.7. The molecule has 0 bridgehead atoms. The quantitative estimate of drug-likeness (QED) is 0.236. The Morgan fingerprint density at radius 2 is 1.84 bits per heavy atom. The molecule has 5 aromatic rings. The van der Waals surface area contributed by atoms with E-state index in [0.29, 0.717) is 37.9 Å². The lowest BCUT2D eigenvalue weighted by Gasteiger charge is -2.25. The van der Waals surface area contributed by atoms with Gasteiger partial charge in [0.2, 0.25) is 0 Å². The van der Waals surface area contributed by atoms with Crippen LogP contribution in [0, 0.1) is 12.7 Å². The zero-order chi connectivity index (χ0) is 30.4. The number of aromatic nitrogens is 2. The van der Waals surface area contributed by atoms with Crippen LogP contribution in [-0.4, -0.2) is 29.3 Å². The third-order valence-corrected chi connectivity index (χ3v) is 8.94. The van der Waals surface area contributed by atoms with Gasteiger partial charge in [0, 0.05) is 39.3 Å². The van der Waals surface area contributed by atoms with Gasteiger partial charge in [-0.25, -0.2) is 14.2 Å². The van der Waals surface area contributed by atoms with Gasteiger partial charge in [0.1, 0.15) is 17.6 Å². The minimum Gasteiger partial charge on any atom is -0.496 e. The van der Waals surface area contributed by atoms with Gasteiger partial charge in [-0.05, 0) is 61.9 Å². The molecule has 0 aliphatic carbocycles. The monoisotopic (exact) mass is 615 g/mol. The summed E-state index contributed by atoms with van der Waals surface area (Å²) in [6.45, 7) is 4.27. The van der Waals surface area contributed by atoms with Crippen LogP contribution in [0.2, 0.25) is 5.02 Å². The Balaban J connectivity index is 1.57. The number of para-hydroxylation sites is 1. The Labute approximate surface area is 255 Å². The van der Waals surface area contributed by atoms with Crippen molar-refractivity contribution in [2.75, 3.05) is 14.2 Å². The zero-order valence-corrected chi connectivity index (χ0v) is 25.4. The average molecular weight is 616 g/mol. The fourth-order valence-corrected chi connectivity index (χ4v) is 6.86. The molecule has 1 atom stereocenters. The van der Waals surface area contributed by atoms with Crippen LogP contribution in [0.25, 0.3) is 17.0 Å². The highest BCUT2D eigenvalue weighted by Gasteiger charge is 2.35. The Morgan fingerprint density at radius 1 is 1.09 bits per heavy atom. The van der Waals surface area contributed by atoms with Gasteiger partial charge in [0.15, 0.2) is 4.80 Å². The van der Waals surface area contributed by atoms with E-state index < -0.39 is 12.0 Å². The summed E-state index contributed by atoms with van der Waals surface area (Å²) < 4.78 is 28.4.